The minimum absolute atomic E-state index is 0. The van der Waals surface area contributed by atoms with Gasteiger partial charge in [0.25, 0.3) is 0 Å². The van der Waals surface area contributed by atoms with Gasteiger partial charge in [0.1, 0.15) is 0 Å². The Bertz CT molecular complexity index is 620. The number of benzene rings is 1. The van der Waals surface area contributed by atoms with E-state index in [0.29, 0.717) is 12.6 Å². The predicted molar refractivity (Wildman–Crippen MR) is 129 cm³/mol. The van der Waals surface area contributed by atoms with Crippen LogP contribution in [0, 0.1) is 0 Å². The Morgan fingerprint density at radius 1 is 1.04 bits per heavy atom. The second-order valence-corrected chi connectivity index (χ2v) is 7.73. The van der Waals surface area contributed by atoms with Crippen LogP contribution in [-0.2, 0) is 13.1 Å². The molecule has 3 rings (SSSR count). The first-order valence-electron chi connectivity index (χ1n) is 10.4. The molecule has 1 aliphatic heterocycles. The van der Waals surface area contributed by atoms with Crippen molar-refractivity contribution in [2.24, 2.45) is 4.99 Å². The topological polar surface area (TPSA) is 42.9 Å². The van der Waals surface area contributed by atoms with Crippen LogP contribution in [0.2, 0.25) is 0 Å². The van der Waals surface area contributed by atoms with E-state index >= 15 is 0 Å². The molecule has 0 bridgehead atoms. The third-order valence-corrected chi connectivity index (χ3v) is 5.35. The van der Waals surface area contributed by atoms with Gasteiger partial charge in [0, 0.05) is 32.2 Å². The van der Waals surface area contributed by atoms with Crippen molar-refractivity contribution in [3.63, 3.8) is 0 Å². The number of hydrogen-bond donors (Lipinski definition) is 2. The average molecular weight is 497 g/mol. The maximum absolute atomic E-state index is 4.76. The van der Waals surface area contributed by atoms with Crippen LogP contribution in [0.15, 0.2) is 41.4 Å². The molecule has 0 spiro atoms. The van der Waals surface area contributed by atoms with E-state index in [1.165, 1.54) is 37.2 Å². The van der Waals surface area contributed by atoms with Gasteiger partial charge >= 0.3 is 0 Å². The van der Waals surface area contributed by atoms with Crippen molar-refractivity contribution < 1.29 is 0 Å². The van der Waals surface area contributed by atoms with E-state index < -0.39 is 0 Å². The van der Waals surface area contributed by atoms with Gasteiger partial charge in [-0.3, -0.25) is 4.90 Å². The number of nitrogens with one attached hydrogen (secondary N) is 2. The van der Waals surface area contributed by atoms with E-state index in [9.17, 15) is 0 Å². The SMILES string of the molecule is CCNC(=NCc1ccc(CN2CCCN(C)CC2)cc1)NC1CC=CC1.I. The third kappa shape index (κ3) is 7.72. The Hall–Kier alpha value is -1.12. The standard InChI is InChI=1S/C22H35N5.HI/c1-3-23-22(25-21-7-4-5-8-21)24-17-19-9-11-20(12-10-19)18-27-14-6-13-26(2)15-16-27;/h4-5,9-12,21H,3,6-8,13-18H2,1-2H3,(H2,23,24,25);1H. The van der Waals surface area contributed by atoms with E-state index in [2.05, 4.69) is 70.8 Å². The van der Waals surface area contributed by atoms with Gasteiger partial charge in [-0.2, -0.15) is 0 Å². The number of nitrogens with zero attached hydrogens (tertiary/aromatic N) is 3. The van der Waals surface area contributed by atoms with Crippen LogP contribution < -0.4 is 10.6 Å². The third-order valence-electron chi connectivity index (χ3n) is 5.35. The number of likely N-dealkylation sites (N-methyl/N-ethyl adjacent to an activating group) is 1. The number of rotatable bonds is 6. The molecular weight excluding hydrogens is 461 g/mol. The molecule has 5 nitrogen and oxygen atoms in total. The summed E-state index contributed by atoms with van der Waals surface area (Å²) in [4.78, 5) is 9.76. The fraction of sp³-hybridized carbons (Fsp3) is 0.591. The highest BCUT2D eigenvalue weighted by Gasteiger charge is 2.13. The lowest BCUT2D eigenvalue weighted by molar-refractivity contribution is 0.269. The molecule has 0 unspecified atom stereocenters. The van der Waals surface area contributed by atoms with Gasteiger partial charge in [-0.25, -0.2) is 4.99 Å². The first kappa shape index (κ1) is 23.2. The molecule has 0 amide bonds. The molecule has 0 atom stereocenters. The lowest BCUT2D eigenvalue weighted by Crippen LogP contribution is -2.42. The van der Waals surface area contributed by atoms with Crippen LogP contribution in [0.3, 0.4) is 0 Å². The summed E-state index contributed by atoms with van der Waals surface area (Å²) in [6.07, 6.45) is 7.92. The summed E-state index contributed by atoms with van der Waals surface area (Å²) in [5.41, 5.74) is 2.66. The summed E-state index contributed by atoms with van der Waals surface area (Å²) in [5, 5.41) is 6.88. The molecule has 1 aromatic rings. The number of guanidine groups is 1. The van der Waals surface area contributed by atoms with Crippen LogP contribution in [0.25, 0.3) is 0 Å². The second-order valence-electron chi connectivity index (χ2n) is 7.73. The zero-order valence-electron chi connectivity index (χ0n) is 17.4. The molecule has 1 aromatic carbocycles. The molecule has 156 valence electrons. The van der Waals surface area contributed by atoms with Crippen molar-refractivity contribution in [2.45, 2.75) is 45.3 Å². The summed E-state index contributed by atoms with van der Waals surface area (Å²) < 4.78 is 0. The fourth-order valence-electron chi connectivity index (χ4n) is 3.69. The molecule has 0 aromatic heterocycles. The maximum Gasteiger partial charge on any atom is 0.191 e. The predicted octanol–water partition coefficient (Wildman–Crippen LogP) is 3.22. The summed E-state index contributed by atoms with van der Waals surface area (Å²) in [6.45, 7) is 9.51. The van der Waals surface area contributed by atoms with Crippen LogP contribution in [0.5, 0.6) is 0 Å². The highest BCUT2D eigenvalue weighted by molar-refractivity contribution is 14.0. The van der Waals surface area contributed by atoms with Gasteiger partial charge in [-0.05, 0) is 57.5 Å². The molecular formula is C22H36IN5. The first-order chi connectivity index (χ1) is 13.2. The Balaban J connectivity index is 0.00000280. The Morgan fingerprint density at radius 2 is 1.75 bits per heavy atom. The first-order valence-corrected chi connectivity index (χ1v) is 10.4. The molecule has 6 heteroatoms. The van der Waals surface area contributed by atoms with Gasteiger partial charge in [0.05, 0.1) is 6.54 Å². The Morgan fingerprint density at radius 3 is 2.46 bits per heavy atom. The zero-order valence-corrected chi connectivity index (χ0v) is 19.7. The minimum atomic E-state index is 0. The van der Waals surface area contributed by atoms with Gasteiger partial charge in [0.15, 0.2) is 5.96 Å². The molecule has 1 fully saturated rings. The van der Waals surface area contributed by atoms with Crippen molar-refractivity contribution in [3.8, 4) is 0 Å². The zero-order chi connectivity index (χ0) is 18.9. The maximum atomic E-state index is 4.76. The molecule has 1 heterocycles. The van der Waals surface area contributed by atoms with Crippen molar-refractivity contribution >= 4 is 29.9 Å². The number of aliphatic imine (C=N–C) groups is 1. The monoisotopic (exact) mass is 497 g/mol. The second kappa shape index (κ2) is 12.4. The quantitative estimate of drug-likeness (QED) is 0.274. The van der Waals surface area contributed by atoms with Crippen molar-refractivity contribution in [3.05, 3.63) is 47.5 Å². The summed E-state index contributed by atoms with van der Waals surface area (Å²) in [6, 6.07) is 9.46. The highest BCUT2D eigenvalue weighted by Crippen LogP contribution is 2.12. The van der Waals surface area contributed by atoms with Gasteiger partial charge in [0.2, 0.25) is 0 Å². The van der Waals surface area contributed by atoms with Gasteiger partial charge in [-0.15, -0.1) is 24.0 Å². The van der Waals surface area contributed by atoms with Crippen LogP contribution in [0.4, 0.5) is 0 Å². The number of hydrogen-bond acceptors (Lipinski definition) is 3. The highest BCUT2D eigenvalue weighted by atomic mass is 127. The van der Waals surface area contributed by atoms with Crippen LogP contribution in [0.1, 0.15) is 37.3 Å². The minimum Gasteiger partial charge on any atom is -0.357 e. The summed E-state index contributed by atoms with van der Waals surface area (Å²) >= 11 is 0. The van der Waals surface area contributed by atoms with E-state index in [0.717, 1.165) is 38.4 Å². The summed E-state index contributed by atoms with van der Waals surface area (Å²) in [5.74, 6) is 0.920. The van der Waals surface area contributed by atoms with E-state index in [1.54, 1.807) is 0 Å². The fourth-order valence-corrected chi connectivity index (χ4v) is 3.69. The average Bonchev–Trinajstić information content (AvgIpc) is 3.10. The normalized spacial score (nSPS) is 19.3. The van der Waals surface area contributed by atoms with Crippen LogP contribution in [-0.4, -0.2) is 61.6 Å². The van der Waals surface area contributed by atoms with Gasteiger partial charge < -0.3 is 15.5 Å². The van der Waals surface area contributed by atoms with E-state index in [-0.39, 0.29) is 24.0 Å². The molecule has 0 saturated carbocycles. The van der Waals surface area contributed by atoms with Gasteiger partial charge in [-0.1, -0.05) is 36.4 Å². The molecule has 1 aliphatic carbocycles. The largest absolute Gasteiger partial charge is 0.357 e. The molecule has 2 aliphatic rings. The number of halogens is 1. The Kier molecular flexibility index (Phi) is 10.3. The molecule has 1 saturated heterocycles. The smallest absolute Gasteiger partial charge is 0.191 e. The van der Waals surface area contributed by atoms with Crippen molar-refractivity contribution in [1.29, 1.82) is 0 Å². The van der Waals surface area contributed by atoms with Crippen LogP contribution >= 0.6 is 24.0 Å². The van der Waals surface area contributed by atoms with E-state index in [4.69, 9.17) is 4.99 Å². The Labute approximate surface area is 187 Å². The van der Waals surface area contributed by atoms with Crippen molar-refractivity contribution in [1.82, 2.24) is 20.4 Å². The van der Waals surface area contributed by atoms with Crippen molar-refractivity contribution in [2.75, 3.05) is 39.8 Å². The lowest BCUT2D eigenvalue weighted by Gasteiger charge is -2.20. The molecule has 2 N–H and O–H groups in total. The summed E-state index contributed by atoms with van der Waals surface area (Å²) in [7, 11) is 2.22. The lowest BCUT2D eigenvalue weighted by atomic mass is 10.1. The molecule has 0 radical (unpaired) electrons. The van der Waals surface area contributed by atoms with E-state index in [1.807, 2.05) is 0 Å². The molecule has 28 heavy (non-hydrogen) atoms.